The fourth-order valence-electron chi connectivity index (χ4n) is 8.11. The second-order valence-corrected chi connectivity index (χ2v) is 19.2. The van der Waals surface area contributed by atoms with Crippen molar-refractivity contribution in [3.8, 4) is 0 Å². The second-order valence-electron chi connectivity index (χ2n) is 19.2. The molecule has 0 aromatic heterocycles. The third kappa shape index (κ3) is 53.8. The molecule has 0 aliphatic heterocycles. The van der Waals surface area contributed by atoms with Gasteiger partial charge >= 0.3 is 17.9 Å². The highest BCUT2D eigenvalue weighted by molar-refractivity contribution is 5.71. The van der Waals surface area contributed by atoms with E-state index in [4.69, 9.17) is 14.2 Å². The Morgan fingerprint density at radius 2 is 0.574 bits per heavy atom. The first-order chi connectivity index (χ1) is 33.5. The molecule has 0 radical (unpaired) electrons. The molecule has 0 rings (SSSR count). The third-order valence-electron chi connectivity index (χ3n) is 12.4. The van der Waals surface area contributed by atoms with E-state index >= 15 is 0 Å². The lowest BCUT2D eigenvalue weighted by molar-refractivity contribution is -0.167. The maximum Gasteiger partial charge on any atom is 0.306 e. The predicted octanol–water partition coefficient (Wildman–Crippen LogP) is 19.4. The zero-order valence-electron chi connectivity index (χ0n) is 44.9. The summed E-state index contributed by atoms with van der Waals surface area (Å²) in [4.78, 5) is 38.2. The number of carbonyl (C=O) groups excluding carboxylic acids is 3. The van der Waals surface area contributed by atoms with Crippen molar-refractivity contribution in [3.05, 3.63) is 72.9 Å². The van der Waals surface area contributed by atoms with E-state index in [9.17, 15) is 14.4 Å². The van der Waals surface area contributed by atoms with Gasteiger partial charge < -0.3 is 14.2 Å². The average molecular weight is 950 g/mol. The minimum Gasteiger partial charge on any atom is -0.462 e. The molecule has 0 N–H and O–H groups in total. The molecule has 0 aliphatic rings. The van der Waals surface area contributed by atoms with Crippen molar-refractivity contribution in [1.29, 1.82) is 0 Å². The standard InChI is InChI=1S/C62H108O6/c1-4-7-10-13-16-19-22-25-28-30-31-32-35-37-40-43-46-49-52-55-61(64)67-58-59(57-66-60(63)54-51-48-45-42-39-36-33-27-24-21-18-15-12-9-6-3)68-62(65)56-53-50-47-44-41-38-34-29-26-23-20-17-14-11-8-5-2/h9,12,16,18-19,21,25,27-28,31-33,59H,4-8,10-11,13-15,17,20,22-24,26,29-30,34-58H2,1-3H3/b12-9-,19-16-,21-18-,28-25-,32-31-,33-27-/t59-/m1/s1. The molecule has 0 fully saturated rings. The van der Waals surface area contributed by atoms with Crippen molar-refractivity contribution in [2.45, 2.75) is 290 Å². The van der Waals surface area contributed by atoms with Gasteiger partial charge in [0, 0.05) is 19.3 Å². The summed E-state index contributed by atoms with van der Waals surface area (Å²) in [6.45, 7) is 6.50. The van der Waals surface area contributed by atoms with Crippen molar-refractivity contribution in [3.63, 3.8) is 0 Å². The Morgan fingerprint density at radius 1 is 0.309 bits per heavy atom. The monoisotopic (exact) mass is 949 g/mol. The van der Waals surface area contributed by atoms with Gasteiger partial charge in [0.2, 0.25) is 0 Å². The van der Waals surface area contributed by atoms with Crippen molar-refractivity contribution in [2.75, 3.05) is 13.2 Å². The van der Waals surface area contributed by atoms with E-state index in [1.54, 1.807) is 0 Å². The predicted molar refractivity (Wildman–Crippen MR) is 293 cm³/mol. The van der Waals surface area contributed by atoms with Crippen molar-refractivity contribution in [2.24, 2.45) is 0 Å². The lowest BCUT2D eigenvalue weighted by atomic mass is 10.0. The van der Waals surface area contributed by atoms with Gasteiger partial charge in [-0.25, -0.2) is 0 Å². The van der Waals surface area contributed by atoms with E-state index in [0.717, 1.165) is 116 Å². The third-order valence-corrected chi connectivity index (χ3v) is 12.4. The van der Waals surface area contributed by atoms with Crippen LogP contribution >= 0.6 is 0 Å². The van der Waals surface area contributed by atoms with Crippen LogP contribution in [0.2, 0.25) is 0 Å². The number of allylic oxidation sites excluding steroid dienone is 12. The molecule has 0 bridgehead atoms. The Kier molecular flexibility index (Phi) is 53.8. The molecular weight excluding hydrogens is 841 g/mol. The maximum absolute atomic E-state index is 12.9. The molecule has 0 heterocycles. The summed E-state index contributed by atoms with van der Waals surface area (Å²) in [6.07, 6.45) is 71.7. The van der Waals surface area contributed by atoms with E-state index in [0.29, 0.717) is 19.3 Å². The molecular formula is C62H108O6. The number of carbonyl (C=O) groups is 3. The first-order valence-electron chi connectivity index (χ1n) is 28.9. The summed E-state index contributed by atoms with van der Waals surface area (Å²) in [6, 6.07) is 0. The molecule has 6 nitrogen and oxygen atoms in total. The van der Waals surface area contributed by atoms with Crippen LogP contribution in [0.15, 0.2) is 72.9 Å². The largest absolute Gasteiger partial charge is 0.462 e. The summed E-state index contributed by atoms with van der Waals surface area (Å²) in [7, 11) is 0. The molecule has 6 heteroatoms. The van der Waals surface area contributed by atoms with E-state index in [-0.39, 0.29) is 31.1 Å². The average Bonchev–Trinajstić information content (AvgIpc) is 3.34. The summed E-state index contributed by atoms with van der Waals surface area (Å²) in [5.41, 5.74) is 0. The molecule has 1 atom stereocenters. The Morgan fingerprint density at radius 3 is 0.926 bits per heavy atom. The Hall–Kier alpha value is -3.15. The Labute approximate surface area is 421 Å². The van der Waals surface area contributed by atoms with Crippen molar-refractivity contribution in [1.82, 2.24) is 0 Å². The molecule has 0 saturated heterocycles. The molecule has 68 heavy (non-hydrogen) atoms. The van der Waals surface area contributed by atoms with Gasteiger partial charge in [0.05, 0.1) is 0 Å². The molecule has 0 aromatic rings. The lowest BCUT2D eigenvalue weighted by Gasteiger charge is -2.18. The van der Waals surface area contributed by atoms with E-state index in [2.05, 4.69) is 93.7 Å². The highest BCUT2D eigenvalue weighted by Crippen LogP contribution is 2.16. The smallest absolute Gasteiger partial charge is 0.306 e. The summed E-state index contributed by atoms with van der Waals surface area (Å²) in [5.74, 6) is -0.904. The highest BCUT2D eigenvalue weighted by Gasteiger charge is 2.19. The van der Waals surface area contributed by atoms with Crippen LogP contribution in [0.5, 0.6) is 0 Å². The normalized spacial score (nSPS) is 12.6. The fraction of sp³-hybridized carbons (Fsp3) is 0.758. The van der Waals surface area contributed by atoms with Gasteiger partial charge in [-0.15, -0.1) is 0 Å². The zero-order valence-corrected chi connectivity index (χ0v) is 44.9. The van der Waals surface area contributed by atoms with Crippen LogP contribution in [0.4, 0.5) is 0 Å². The van der Waals surface area contributed by atoms with Crippen LogP contribution in [-0.4, -0.2) is 37.2 Å². The Balaban J connectivity index is 4.41. The minimum atomic E-state index is -0.787. The van der Waals surface area contributed by atoms with Gasteiger partial charge in [0.15, 0.2) is 6.10 Å². The first kappa shape index (κ1) is 64.8. The number of esters is 3. The second kappa shape index (κ2) is 56.4. The molecule has 0 amide bonds. The van der Waals surface area contributed by atoms with Gasteiger partial charge in [0.25, 0.3) is 0 Å². The summed E-state index contributed by atoms with van der Waals surface area (Å²) in [5, 5.41) is 0. The number of unbranched alkanes of at least 4 members (excludes halogenated alkanes) is 29. The number of rotatable bonds is 52. The molecule has 0 saturated carbocycles. The van der Waals surface area contributed by atoms with E-state index in [1.165, 1.54) is 128 Å². The van der Waals surface area contributed by atoms with E-state index < -0.39 is 6.10 Å². The molecule has 0 aliphatic carbocycles. The van der Waals surface area contributed by atoms with Crippen LogP contribution in [0.25, 0.3) is 0 Å². The summed E-state index contributed by atoms with van der Waals surface area (Å²) < 4.78 is 16.9. The highest BCUT2D eigenvalue weighted by atomic mass is 16.6. The molecule has 392 valence electrons. The lowest BCUT2D eigenvalue weighted by Crippen LogP contribution is -2.30. The van der Waals surface area contributed by atoms with Crippen LogP contribution in [0, 0.1) is 0 Å². The van der Waals surface area contributed by atoms with Gasteiger partial charge in [-0.3, -0.25) is 14.4 Å². The quantitative estimate of drug-likeness (QED) is 0.0262. The Bertz CT molecular complexity index is 1270. The van der Waals surface area contributed by atoms with Gasteiger partial charge in [0.1, 0.15) is 13.2 Å². The first-order valence-corrected chi connectivity index (χ1v) is 28.9. The number of hydrogen-bond donors (Lipinski definition) is 0. The van der Waals surface area contributed by atoms with Gasteiger partial charge in [-0.1, -0.05) is 248 Å². The molecule has 0 unspecified atom stereocenters. The topological polar surface area (TPSA) is 78.9 Å². The number of hydrogen-bond acceptors (Lipinski definition) is 6. The van der Waals surface area contributed by atoms with Gasteiger partial charge in [-0.05, 0) is 89.9 Å². The molecule has 0 spiro atoms. The summed E-state index contributed by atoms with van der Waals surface area (Å²) >= 11 is 0. The van der Waals surface area contributed by atoms with Gasteiger partial charge in [-0.2, -0.15) is 0 Å². The van der Waals surface area contributed by atoms with Crippen molar-refractivity contribution < 1.29 is 28.6 Å². The molecule has 0 aromatic carbocycles. The van der Waals surface area contributed by atoms with Crippen LogP contribution < -0.4 is 0 Å². The van der Waals surface area contributed by atoms with Crippen LogP contribution in [-0.2, 0) is 28.6 Å². The minimum absolute atomic E-state index is 0.0860. The number of ether oxygens (including phenoxy) is 3. The maximum atomic E-state index is 12.9. The zero-order chi connectivity index (χ0) is 49.3. The SMILES string of the molecule is CC/C=C\C/C=C\C/C=C\CCCCCCCC(=O)OC[C@H](COC(=O)CCCCCCCC/C=C\C/C=C\C/C=C\CCCCC)OC(=O)CCCCCCCCCCCCCCCCCC. The van der Waals surface area contributed by atoms with E-state index in [1.807, 2.05) is 0 Å². The van der Waals surface area contributed by atoms with Crippen LogP contribution in [0.3, 0.4) is 0 Å². The van der Waals surface area contributed by atoms with Crippen LogP contribution in [0.1, 0.15) is 284 Å². The van der Waals surface area contributed by atoms with Crippen molar-refractivity contribution >= 4 is 17.9 Å². The fourth-order valence-corrected chi connectivity index (χ4v) is 8.11.